The highest BCUT2D eigenvalue weighted by Gasteiger charge is 2.30. The summed E-state index contributed by atoms with van der Waals surface area (Å²) in [4.78, 5) is 20.0. The average molecular weight is 469 g/mol. The van der Waals surface area contributed by atoms with Crippen LogP contribution in [0.2, 0.25) is 0 Å². The van der Waals surface area contributed by atoms with Gasteiger partial charge in [-0.2, -0.15) is 23.4 Å². The SMILES string of the molecule is N#Cc1nc(-c2ccco2)oc1N1CCN(C(=O)NCC#Cc2cccc(C(F)(F)F)c2)CC1. The number of furan rings is 1. The van der Waals surface area contributed by atoms with Gasteiger partial charge in [0.15, 0.2) is 5.76 Å². The van der Waals surface area contributed by atoms with Crippen LogP contribution in [0.4, 0.5) is 23.8 Å². The van der Waals surface area contributed by atoms with Crippen LogP contribution in [0.15, 0.2) is 51.5 Å². The summed E-state index contributed by atoms with van der Waals surface area (Å²) in [6.45, 7) is 1.57. The van der Waals surface area contributed by atoms with Crippen molar-refractivity contribution in [3.8, 4) is 29.6 Å². The largest absolute Gasteiger partial charge is 0.459 e. The zero-order valence-electron chi connectivity index (χ0n) is 17.7. The van der Waals surface area contributed by atoms with Gasteiger partial charge in [0.2, 0.25) is 11.6 Å². The third-order valence-electron chi connectivity index (χ3n) is 5.05. The Hall–Kier alpha value is -4.38. The molecule has 3 aromatic rings. The first-order chi connectivity index (χ1) is 16.3. The first-order valence-corrected chi connectivity index (χ1v) is 10.2. The third kappa shape index (κ3) is 5.15. The van der Waals surface area contributed by atoms with Crippen LogP contribution in [-0.4, -0.2) is 48.6 Å². The minimum absolute atomic E-state index is 0.0114. The van der Waals surface area contributed by atoms with Gasteiger partial charge in [0.1, 0.15) is 6.07 Å². The topological polar surface area (TPSA) is 98.5 Å². The Morgan fingerprint density at radius 2 is 1.97 bits per heavy atom. The monoisotopic (exact) mass is 469 g/mol. The summed E-state index contributed by atoms with van der Waals surface area (Å²) in [5, 5.41) is 12.0. The number of anilines is 1. The lowest BCUT2D eigenvalue weighted by atomic mass is 10.1. The van der Waals surface area contributed by atoms with E-state index in [-0.39, 0.29) is 29.7 Å². The maximum absolute atomic E-state index is 12.8. The summed E-state index contributed by atoms with van der Waals surface area (Å²) in [5.74, 6) is 6.22. The van der Waals surface area contributed by atoms with Gasteiger partial charge in [0.25, 0.3) is 5.89 Å². The van der Waals surface area contributed by atoms with Crippen LogP contribution < -0.4 is 10.2 Å². The maximum atomic E-state index is 12.8. The molecule has 0 bridgehead atoms. The number of oxazole rings is 1. The van der Waals surface area contributed by atoms with Gasteiger partial charge in [0.05, 0.1) is 18.4 Å². The molecule has 3 heterocycles. The van der Waals surface area contributed by atoms with Crippen LogP contribution in [0.25, 0.3) is 11.7 Å². The molecule has 0 radical (unpaired) electrons. The molecule has 1 aliphatic rings. The van der Waals surface area contributed by atoms with Crippen LogP contribution >= 0.6 is 0 Å². The molecule has 1 aliphatic heterocycles. The number of nitriles is 1. The van der Waals surface area contributed by atoms with Gasteiger partial charge in [-0.15, -0.1) is 0 Å². The van der Waals surface area contributed by atoms with Crippen molar-refractivity contribution < 1.29 is 26.8 Å². The number of aromatic nitrogens is 1. The van der Waals surface area contributed by atoms with Crippen LogP contribution in [0.1, 0.15) is 16.8 Å². The van der Waals surface area contributed by atoms with E-state index in [0.29, 0.717) is 37.8 Å². The van der Waals surface area contributed by atoms with E-state index in [0.717, 1.165) is 12.1 Å². The molecule has 1 saturated heterocycles. The number of hydrogen-bond donors (Lipinski definition) is 1. The Bertz CT molecular complexity index is 1260. The number of urea groups is 1. The lowest BCUT2D eigenvalue weighted by Gasteiger charge is -2.34. The van der Waals surface area contributed by atoms with Crippen molar-refractivity contribution in [3.63, 3.8) is 0 Å². The fraction of sp³-hybridized carbons (Fsp3) is 0.261. The second-order valence-corrected chi connectivity index (χ2v) is 7.28. The second-order valence-electron chi connectivity index (χ2n) is 7.28. The number of hydrogen-bond acceptors (Lipinski definition) is 6. The summed E-state index contributed by atoms with van der Waals surface area (Å²) in [6, 6.07) is 9.73. The number of halogens is 3. The highest BCUT2D eigenvalue weighted by molar-refractivity contribution is 5.75. The zero-order chi connectivity index (χ0) is 24.1. The van der Waals surface area contributed by atoms with Gasteiger partial charge in [-0.3, -0.25) is 0 Å². The highest BCUT2D eigenvalue weighted by atomic mass is 19.4. The quantitative estimate of drug-likeness (QED) is 0.588. The zero-order valence-corrected chi connectivity index (χ0v) is 17.7. The van der Waals surface area contributed by atoms with Crippen molar-refractivity contribution in [1.29, 1.82) is 5.26 Å². The number of nitrogens with one attached hydrogen (secondary N) is 1. The smallest absolute Gasteiger partial charge is 0.416 e. The van der Waals surface area contributed by atoms with E-state index in [9.17, 15) is 23.2 Å². The van der Waals surface area contributed by atoms with E-state index >= 15 is 0 Å². The van der Waals surface area contributed by atoms with Crippen molar-refractivity contribution in [1.82, 2.24) is 15.2 Å². The van der Waals surface area contributed by atoms with Crippen molar-refractivity contribution >= 4 is 11.9 Å². The van der Waals surface area contributed by atoms with Crippen LogP contribution in [0.5, 0.6) is 0 Å². The number of alkyl halides is 3. The van der Waals surface area contributed by atoms with Gasteiger partial charge < -0.3 is 24.0 Å². The van der Waals surface area contributed by atoms with E-state index in [1.165, 1.54) is 18.4 Å². The number of benzene rings is 1. The van der Waals surface area contributed by atoms with Gasteiger partial charge in [-0.05, 0) is 30.3 Å². The Kier molecular flexibility index (Phi) is 6.46. The van der Waals surface area contributed by atoms with E-state index < -0.39 is 11.7 Å². The Morgan fingerprint density at radius 1 is 1.18 bits per heavy atom. The van der Waals surface area contributed by atoms with Crippen LogP contribution in [0.3, 0.4) is 0 Å². The lowest BCUT2D eigenvalue weighted by Crippen LogP contribution is -2.52. The van der Waals surface area contributed by atoms with Gasteiger partial charge >= 0.3 is 12.2 Å². The molecular weight excluding hydrogens is 451 g/mol. The first kappa shape index (κ1) is 22.8. The molecule has 174 valence electrons. The van der Waals surface area contributed by atoms with E-state index in [1.54, 1.807) is 17.0 Å². The maximum Gasteiger partial charge on any atom is 0.416 e. The molecule has 34 heavy (non-hydrogen) atoms. The Morgan fingerprint density at radius 3 is 2.65 bits per heavy atom. The number of piperazine rings is 1. The van der Waals surface area contributed by atoms with Crippen molar-refractivity contribution in [2.45, 2.75) is 6.18 Å². The molecule has 1 N–H and O–H groups in total. The summed E-state index contributed by atoms with van der Waals surface area (Å²) in [7, 11) is 0. The van der Waals surface area contributed by atoms with E-state index in [2.05, 4.69) is 22.1 Å². The molecule has 0 saturated carbocycles. The van der Waals surface area contributed by atoms with Crippen LogP contribution in [-0.2, 0) is 6.18 Å². The molecule has 1 aromatic carbocycles. The summed E-state index contributed by atoms with van der Waals surface area (Å²) in [6.07, 6.45) is -2.96. The standard InChI is InChI=1S/C23H18F3N5O3/c24-23(25,26)17-6-1-4-16(14-17)5-2-8-28-22(32)31-11-9-30(10-12-31)21-18(15-27)29-20(34-21)19-7-3-13-33-19/h1,3-4,6-7,13-14H,8-12H2,(H,28,32). The average Bonchev–Trinajstić information content (AvgIpc) is 3.51. The molecule has 11 heteroatoms. The third-order valence-corrected chi connectivity index (χ3v) is 5.05. The van der Waals surface area contributed by atoms with Crippen molar-refractivity contribution in [2.75, 3.05) is 37.6 Å². The molecule has 0 spiro atoms. The lowest BCUT2D eigenvalue weighted by molar-refractivity contribution is -0.137. The molecule has 0 atom stereocenters. The molecule has 1 fully saturated rings. The second kappa shape index (κ2) is 9.63. The number of nitrogens with zero attached hydrogens (tertiary/aromatic N) is 4. The molecule has 4 rings (SSSR count). The summed E-state index contributed by atoms with van der Waals surface area (Å²) in [5.41, 5.74) is -0.426. The summed E-state index contributed by atoms with van der Waals surface area (Å²) < 4.78 is 49.3. The van der Waals surface area contributed by atoms with Crippen molar-refractivity contribution in [2.24, 2.45) is 0 Å². The molecule has 8 nitrogen and oxygen atoms in total. The number of rotatable bonds is 3. The molecule has 0 aliphatic carbocycles. The van der Waals surface area contributed by atoms with Gasteiger partial charge in [-0.25, -0.2) is 4.79 Å². The summed E-state index contributed by atoms with van der Waals surface area (Å²) >= 11 is 0. The minimum atomic E-state index is -4.44. The molecule has 0 unspecified atom stereocenters. The predicted molar refractivity (Wildman–Crippen MR) is 114 cm³/mol. The first-order valence-electron chi connectivity index (χ1n) is 10.2. The number of amides is 2. The highest BCUT2D eigenvalue weighted by Crippen LogP contribution is 2.30. The molecule has 2 aromatic heterocycles. The van der Waals surface area contributed by atoms with Crippen molar-refractivity contribution in [3.05, 3.63) is 59.5 Å². The van der Waals surface area contributed by atoms with E-state index in [1.807, 2.05) is 11.0 Å². The van der Waals surface area contributed by atoms with Gasteiger partial charge in [0, 0.05) is 31.7 Å². The van der Waals surface area contributed by atoms with E-state index in [4.69, 9.17) is 8.83 Å². The normalized spacial score (nSPS) is 13.7. The predicted octanol–water partition coefficient (Wildman–Crippen LogP) is 3.71. The fourth-order valence-electron chi connectivity index (χ4n) is 3.37. The van der Waals surface area contributed by atoms with Gasteiger partial charge in [-0.1, -0.05) is 17.9 Å². The Balaban J connectivity index is 1.30. The molecular formula is C23H18F3N5O3. The molecule has 2 amide bonds. The minimum Gasteiger partial charge on any atom is -0.459 e. The fourth-order valence-corrected chi connectivity index (χ4v) is 3.37. The Labute approximate surface area is 192 Å². The number of carbonyl (C=O) groups excluding carboxylic acids is 1. The van der Waals surface area contributed by atoms with Crippen LogP contribution in [0, 0.1) is 23.2 Å². The number of carbonyl (C=O) groups is 1.